The van der Waals surface area contributed by atoms with Crippen molar-refractivity contribution in [2.45, 2.75) is 19.9 Å². The zero-order chi connectivity index (χ0) is 13.4. The summed E-state index contributed by atoms with van der Waals surface area (Å²) in [5.74, 6) is 1.58. The second-order valence-corrected chi connectivity index (χ2v) is 4.60. The predicted molar refractivity (Wildman–Crippen MR) is 73.6 cm³/mol. The van der Waals surface area contributed by atoms with Gasteiger partial charge in [-0.2, -0.15) is 0 Å². The van der Waals surface area contributed by atoms with Crippen molar-refractivity contribution in [1.29, 1.82) is 0 Å². The van der Waals surface area contributed by atoms with Crippen LogP contribution in [0, 0.1) is 6.92 Å². The average molecular weight is 253 g/mol. The van der Waals surface area contributed by atoms with Crippen LogP contribution in [0.4, 0.5) is 0 Å². The van der Waals surface area contributed by atoms with E-state index in [2.05, 4.69) is 15.2 Å². The zero-order valence-corrected chi connectivity index (χ0v) is 10.9. The third-order valence-electron chi connectivity index (χ3n) is 3.06. The standard InChI is InChI=1S/C14H15N5/c1-9(15)14-18-17-13-8-12(16-10(2)19(13)14)11-6-4-3-5-7-11/h3-9H,15H2,1-2H3. The molecule has 3 aromatic rings. The maximum Gasteiger partial charge on any atom is 0.164 e. The van der Waals surface area contributed by atoms with Gasteiger partial charge in [0.05, 0.1) is 11.7 Å². The van der Waals surface area contributed by atoms with Gasteiger partial charge >= 0.3 is 0 Å². The minimum absolute atomic E-state index is 0.168. The molecule has 0 saturated carbocycles. The Bertz CT molecular complexity index is 715. The van der Waals surface area contributed by atoms with Crippen molar-refractivity contribution in [3.63, 3.8) is 0 Å². The van der Waals surface area contributed by atoms with Gasteiger partial charge in [0, 0.05) is 11.6 Å². The summed E-state index contributed by atoms with van der Waals surface area (Å²) < 4.78 is 1.90. The van der Waals surface area contributed by atoms with Crippen LogP contribution in [0.3, 0.4) is 0 Å². The van der Waals surface area contributed by atoms with E-state index in [-0.39, 0.29) is 6.04 Å². The number of nitrogens with zero attached hydrogens (tertiary/aromatic N) is 4. The van der Waals surface area contributed by atoms with Crippen LogP contribution >= 0.6 is 0 Å². The molecular weight excluding hydrogens is 238 g/mol. The molecular formula is C14H15N5. The fraction of sp³-hybridized carbons (Fsp3) is 0.214. The Morgan fingerprint density at radius 1 is 1.16 bits per heavy atom. The number of aromatic nitrogens is 4. The van der Waals surface area contributed by atoms with Gasteiger partial charge in [-0.15, -0.1) is 10.2 Å². The summed E-state index contributed by atoms with van der Waals surface area (Å²) in [4.78, 5) is 4.61. The molecule has 0 aliphatic heterocycles. The molecule has 0 spiro atoms. The van der Waals surface area contributed by atoms with Crippen molar-refractivity contribution >= 4 is 5.65 Å². The van der Waals surface area contributed by atoms with Gasteiger partial charge in [0.1, 0.15) is 5.82 Å². The topological polar surface area (TPSA) is 69.1 Å². The van der Waals surface area contributed by atoms with E-state index in [1.165, 1.54) is 0 Å². The minimum Gasteiger partial charge on any atom is -0.322 e. The first-order valence-electron chi connectivity index (χ1n) is 6.20. The first-order valence-corrected chi connectivity index (χ1v) is 6.20. The van der Waals surface area contributed by atoms with Gasteiger partial charge in [-0.1, -0.05) is 30.3 Å². The highest BCUT2D eigenvalue weighted by Crippen LogP contribution is 2.20. The highest BCUT2D eigenvalue weighted by Gasteiger charge is 2.13. The van der Waals surface area contributed by atoms with E-state index in [0.717, 1.165) is 28.6 Å². The van der Waals surface area contributed by atoms with Crippen LogP contribution in [0.2, 0.25) is 0 Å². The normalized spacial score (nSPS) is 12.8. The van der Waals surface area contributed by atoms with E-state index < -0.39 is 0 Å². The molecule has 19 heavy (non-hydrogen) atoms. The molecule has 1 aromatic carbocycles. The van der Waals surface area contributed by atoms with Gasteiger partial charge in [-0.3, -0.25) is 4.40 Å². The van der Waals surface area contributed by atoms with E-state index in [4.69, 9.17) is 5.73 Å². The van der Waals surface area contributed by atoms with E-state index in [1.807, 2.05) is 54.6 Å². The lowest BCUT2D eigenvalue weighted by atomic mass is 10.1. The second-order valence-electron chi connectivity index (χ2n) is 4.60. The Balaban J connectivity index is 2.22. The van der Waals surface area contributed by atoms with Crippen molar-refractivity contribution < 1.29 is 0 Å². The summed E-state index contributed by atoms with van der Waals surface area (Å²) in [6.07, 6.45) is 0. The minimum atomic E-state index is -0.168. The average Bonchev–Trinajstić information content (AvgIpc) is 2.84. The van der Waals surface area contributed by atoms with E-state index >= 15 is 0 Å². The first kappa shape index (κ1) is 11.8. The zero-order valence-electron chi connectivity index (χ0n) is 10.9. The molecule has 5 heteroatoms. The molecule has 0 saturated heterocycles. The van der Waals surface area contributed by atoms with Crippen molar-refractivity contribution in [3.05, 3.63) is 48.0 Å². The summed E-state index contributed by atoms with van der Waals surface area (Å²) >= 11 is 0. The fourth-order valence-electron chi connectivity index (χ4n) is 2.16. The van der Waals surface area contributed by atoms with E-state index in [1.54, 1.807) is 0 Å². The fourth-order valence-corrected chi connectivity index (χ4v) is 2.16. The summed E-state index contributed by atoms with van der Waals surface area (Å²) in [5, 5.41) is 8.32. The van der Waals surface area contributed by atoms with Gasteiger partial charge in [-0.05, 0) is 13.8 Å². The number of hydrogen-bond acceptors (Lipinski definition) is 4. The quantitative estimate of drug-likeness (QED) is 0.759. The van der Waals surface area contributed by atoms with Crippen LogP contribution in [0.15, 0.2) is 36.4 Å². The van der Waals surface area contributed by atoms with Crippen molar-refractivity contribution in [2.75, 3.05) is 0 Å². The Hall–Kier alpha value is -2.27. The van der Waals surface area contributed by atoms with Gasteiger partial charge in [0.25, 0.3) is 0 Å². The summed E-state index contributed by atoms with van der Waals surface area (Å²) in [5.41, 5.74) is 8.63. The van der Waals surface area contributed by atoms with E-state index in [9.17, 15) is 0 Å². The van der Waals surface area contributed by atoms with Crippen molar-refractivity contribution in [1.82, 2.24) is 19.6 Å². The Labute approximate surface area is 111 Å². The molecule has 0 bridgehead atoms. The van der Waals surface area contributed by atoms with Gasteiger partial charge in [-0.25, -0.2) is 4.98 Å². The number of fused-ring (bicyclic) bond motifs is 1. The Morgan fingerprint density at radius 3 is 2.58 bits per heavy atom. The molecule has 0 radical (unpaired) electrons. The molecule has 5 nitrogen and oxygen atoms in total. The van der Waals surface area contributed by atoms with Gasteiger partial charge in [0.2, 0.25) is 0 Å². The molecule has 0 aliphatic carbocycles. The SMILES string of the molecule is Cc1nc(-c2ccccc2)cc2nnc(C(C)N)n12. The molecule has 2 N–H and O–H groups in total. The lowest BCUT2D eigenvalue weighted by Crippen LogP contribution is -2.11. The third-order valence-corrected chi connectivity index (χ3v) is 3.06. The number of nitrogens with two attached hydrogens (primary N) is 1. The predicted octanol–water partition coefficient (Wildman–Crippen LogP) is 2.12. The Morgan fingerprint density at radius 2 is 1.89 bits per heavy atom. The van der Waals surface area contributed by atoms with Gasteiger partial charge < -0.3 is 5.73 Å². The number of aryl methyl sites for hydroxylation is 1. The smallest absolute Gasteiger partial charge is 0.164 e. The number of hydrogen-bond donors (Lipinski definition) is 1. The van der Waals surface area contributed by atoms with Crippen LogP contribution in [0.25, 0.3) is 16.9 Å². The molecule has 0 fully saturated rings. The maximum atomic E-state index is 5.89. The molecule has 1 unspecified atom stereocenters. The first-order chi connectivity index (χ1) is 9.16. The summed E-state index contributed by atoms with van der Waals surface area (Å²) in [6, 6.07) is 11.8. The lowest BCUT2D eigenvalue weighted by molar-refractivity contribution is 0.715. The number of rotatable bonds is 2. The van der Waals surface area contributed by atoms with Crippen molar-refractivity contribution in [3.8, 4) is 11.3 Å². The molecule has 2 heterocycles. The van der Waals surface area contributed by atoms with Crippen LogP contribution in [0.5, 0.6) is 0 Å². The number of benzene rings is 1. The largest absolute Gasteiger partial charge is 0.322 e. The van der Waals surface area contributed by atoms with Crippen LogP contribution in [-0.2, 0) is 0 Å². The third kappa shape index (κ3) is 1.98. The highest BCUT2D eigenvalue weighted by atomic mass is 15.3. The summed E-state index contributed by atoms with van der Waals surface area (Å²) in [6.45, 7) is 3.83. The monoisotopic (exact) mass is 253 g/mol. The summed E-state index contributed by atoms with van der Waals surface area (Å²) in [7, 11) is 0. The molecule has 1 atom stereocenters. The molecule has 2 aromatic heterocycles. The van der Waals surface area contributed by atoms with E-state index in [0.29, 0.717) is 0 Å². The lowest BCUT2D eigenvalue weighted by Gasteiger charge is -2.08. The molecule has 0 aliphatic rings. The molecule has 3 rings (SSSR count). The highest BCUT2D eigenvalue weighted by molar-refractivity contribution is 5.63. The molecule has 96 valence electrons. The van der Waals surface area contributed by atoms with Gasteiger partial charge in [0.15, 0.2) is 11.5 Å². The van der Waals surface area contributed by atoms with Crippen LogP contribution < -0.4 is 5.73 Å². The Kier molecular flexibility index (Phi) is 2.76. The van der Waals surface area contributed by atoms with Crippen LogP contribution in [-0.4, -0.2) is 19.6 Å². The van der Waals surface area contributed by atoms with Crippen LogP contribution in [0.1, 0.15) is 24.6 Å². The molecule has 0 amide bonds. The maximum absolute atomic E-state index is 5.89. The second kappa shape index (κ2) is 4.44. The van der Waals surface area contributed by atoms with Crippen molar-refractivity contribution in [2.24, 2.45) is 5.73 Å².